The summed E-state index contributed by atoms with van der Waals surface area (Å²) in [4.78, 5) is 9.83. The Hall–Kier alpha value is -0.780. The third-order valence-electron chi connectivity index (χ3n) is 2.53. The third kappa shape index (κ3) is 3.12. The maximum Gasteiger partial charge on any atom is 0.0947 e. The highest BCUT2D eigenvalue weighted by Crippen LogP contribution is 2.26. The molecular formula is C12H17N3S2. The lowest BCUT2D eigenvalue weighted by atomic mass is 9.93. The van der Waals surface area contributed by atoms with Crippen LogP contribution < -0.4 is 5.73 Å². The second kappa shape index (κ2) is 4.84. The molecule has 0 bridgehead atoms. The largest absolute Gasteiger partial charge is 0.323 e. The Bertz CT molecular complexity index is 468. The molecule has 0 radical (unpaired) electrons. The van der Waals surface area contributed by atoms with Crippen molar-refractivity contribution in [1.29, 1.82) is 0 Å². The first-order valence-electron chi connectivity index (χ1n) is 5.55. The van der Waals surface area contributed by atoms with Gasteiger partial charge in [0.15, 0.2) is 0 Å². The predicted octanol–water partition coefficient (Wildman–Crippen LogP) is 3.14. The normalized spacial score (nSPS) is 13.9. The highest BCUT2D eigenvalue weighted by Gasteiger charge is 2.18. The van der Waals surface area contributed by atoms with Crippen LogP contribution in [0.5, 0.6) is 0 Å². The first-order valence-corrected chi connectivity index (χ1v) is 7.31. The maximum absolute atomic E-state index is 6.13. The molecule has 1 unspecified atom stereocenters. The average molecular weight is 267 g/mol. The molecule has 17 heavy (non-hydrogen) atoms. The second-order valence-electron chi connectivity index (χ2n) is 5.09. The van der Waals surface area contributed by atoms with Crippen molar-refractivity contribution in [3.63, 3.8) is 0 Å². The summed E-state index contributed by atoms with van der Waals surface area (Å²) in [7, 11) is 0. The molecule has 0 saturated carbocycles. The van der Waals surface area contributed by atoms with E-state index in [0.717, 1.165) is 22.0 Å². The Labute approximate surface area is 110 Å². The number of nitrogens with two attached hydrogens (primary N) is 1. The van der Waals surface area contributed by atoms with Gasteiger partial charge in [-0.1, -0.05) is 20.8 Å². The number of aromatic nitrogens is 2. The van der Waals surface area contributed by atoms with Crippen molar-refractivity contribution in [1.82, 2.24) is 9.97 Å². The van der Waals surface area contributed by atoms with E-state index in [2.05, 4.69) is 36.1 Å². The molecule has 1 atom stereocenters. The third-order valence-corrected chi connectivity index (χ3v) is 4.31. The minimum Gasteiger partial charge on any atom is -0.323 e. The molecule has 5 heteroatoms. The van der Waals surface area contributed by atoms with E-state index in [1.54, 1.807) is 22.7 Å². The Balaban J connectivity index is 2.07. The molecule has 92 valence electrons. The summed E-state index contributed by atoms with van der Waals surface area (Å²) < 4.78 is 0. The van der Waals surface area contributed by atoms with E-state index in [-0.39, 0.29) is 11.5 Å². The fourth-order valence-corrected chi connectivity index (χ4v) is 3.15. The van der Waals surface area contributed by atoms with E-state index in [1.807, 2.05) is 11.7 Å². The van der Waals surface area contributed by atoms with Crippen LogP contribution in [0.15, 0.2) is 17.1 Å². The maximum atomic E-state index is 6.13. The van der Waals surface area contributed by atoms with Crippen LogP contribution in [0, 0.1) is 0 Å². The predicted molar refractivity (Wildman–Crippen MR) is 73.6 cm³/mol. The zero-order valence-electron chi connectivity index (χ0n) is 10.3. The van der Waals surface area contributed by atoms with Gasteiger partial charge in [-0.05, 0) is 0 Å². The van der Waals surface area contributed by atoms with Gasteiger partial charge in [0.05, 0.1) is 16.2 Å². The summed E-state index contributed by atoms with van der Waals surface area (Å²) in [5.74, 6) is 0. The fourth-order valence-electron chi connectivity index (χ4n) is 1.45. The van der Waals surface area contributed by atoms with Gasteiger partial charge >= 0.3 is 0 Å². The van der Waals surface area contributed by atoms with Crippen molar-refractivity contribution in [2.45, 2.75) is 38.6 Å². The molecule has 2 N–H and O–H groups in total. The van der Waals surface area contributed by atoms with Crippen molar-refractivity contribution in [3.8, 4) is 0 Å². The Morgan fingerprint density at radius 3 is 2.65 bits per heavy atom. The molecule has 0 aliphatic rings. The molecule has 0 spiro atoms. The molecule has 2 aromatic rings. The van der Waals surface area contributed by atoms with Gasteiger partial charge in [-0.15, -0.1) is 22.7 Å². The zero-order chi connectivity index (χ0) is 12.5. The molecule has 2 aromatic heterocycles. The quantitative estimate of drug-likeness (QED) is 0.929. The average Bonchev–Trinajstić information content (AvgIpc) is 2.85. The van der Waals surface area contributed by atoms with Crippen LogP contribution >= 0.6 is 22.7 Å². The Morgan fingerprint density at radius 2 is 2.12 bits per heavy atom. The lowest BCUT2D eigenvalue weighted by Crippen LogP contribution is -2.14. The molecule has 2 rings (SSSR count). The van der Waals surface area contributed by atoms with E-state index >= 15 is 0 Å². The van der Waals surface area contributed by atoms with Gasteiger partial charge in [0.1, 0.15) is 0 Å². The molecule has 2 heterocycles. The molecule has 0 aliphatic heterocycles. The minimum atomic E-state index is 0.0152. The highest BCUT2D eigenvalue weighted by atomic mass is 32.1. The van der Waals surface area contributed by atoms with Crippen LogP contribution in [0.4, 0.5) is 0 Å². The molecule has 0 aliphatic carbocycles. The molecular weight excluding hydrogens is 250 g/mol. The lowest BCUT2D eigenvalue weighted by Gasteiger charge is -2.14. The van der Waals surface area contributed by atoms with Crippen molar-refractivity contribution in [2.24, 2.45) is 5.73 Å². The SMILES string of the molecule is CC(C)(C)c1csc(CC(N)c2cncs2)n1. The Morgan fingerprint density at radius 1 is 1.35 bits per heavy atom. The van der Waals surface area contributed by atoms with Crippen LogP contribution in [0.3, 0.4) is 0 Å². The van der Waals surface area contributed by atoms with E-state index in [4.69, 9.17) is 5.73 Å². The van der Waals surface area contributed by atoms with Gasteiger partial charge in [0.2, 0.25) is 0 Å². The molecule has 0 saturated heterocycles. The summed E-state index contributed by atoms with van der Waals surface area (Å²) in [5.41, 5.74) is 9.21. The van der Waals surface area contributed by atoms with E-state index < -0.39 is 0 Å². The summed E-state index contributed by atoms with van der Waals surface area (Å²) in [5, 5.41) is 3.24. The number of hydrogen-bond donors (Lipinski definition) is 1. The van der Waals surface area contributed by atoms with Gasteiger partial charge in [-0.25, -0.2) is 4.98 Å². The van der Waals surface area contributed by atoms with Gasteiger partial charge in [0, 0.05) is 34.3 Å². The summed E-state index contributed by atoms with van der Waals surface area (Å²) in [6.45, 7) is 6.53. The van der Waals surface area contributed by atoms with E-state index in [0.29, 0.717) is 0 Å². The first kappa shape index (κ1) is 12.7. The molecule has 0 fully saturated rings. The number of thiazole rings is 2. The van der Waals surface area contributed by atoms with Gasteiger partial charge in [0.25, 0.3) is 0 Å². The molecule has 3 nitrogen and oxygen atoms in total. The topological polar surface area (TPSA) is 51.8 Å². The monoisotopic (exact) mass is 267 g/mol. The summed E-state index contributed by atoms with van der Waals surface area (Å²) >= 11 is 3.30. The minimum absolute atomic E-state index is 0.0152. The highest BCUT2D eigenvalue weighted by molar-refractivity contribution is 7.10. The standard InChI is InChI=1S/C12H17N3S2/c1-12(2,3)10-6-16-11(15-10)4-8(13)9-5-14-7-17-9/h5-8H,4,13H2,1-3H3. The summed E-state index contributed by atoms with van der Waals surface area (Å²) in [6.07, 6.45) is 2.64. The van der Waals surface area contributed by atoms with Gasteiger partial charge in [-0.2, -0.15) is 0 Å². The second-order valence-corrected chi connectivity index (χ2v) is 6.95. The van der Waals surface area contributed by atoms with Crippen LogP contribution in [0.1, 0.15) is 42.4 Å². The van der Waals surface area contributed by atoms with Crippen LogP contribution in [-0.2, 0) is 11.8 Å². The summed E-state index contributed by atoms with van der Waals surface area (Å²) in [6, 6.07) is 0.0152. The first-order chi connectivity index (χ1) is 7.97. The number of rotatable bonds is 3. The van der Waals surface area contributed by atoms with Crippen LogP contribution in [-0.4, -0.2) is 9.97 Å². The van der Waals surface area contributed by atoms with Crippen molar-refractivity contribution < 1.29 is 0 Å². The Kier molecular flexibility index (Phi) is 3.61. The van der Waals surface area contributed by atoms with Crippen molar-refractivity contribution in [3.05, 3.63) is 32.7 Å². The smallest absolute Gasteiger partial charge is 0.0947 e. The fraction of sp³-hybridized carbons (Fsp3) is 0.500. The lowest BCUT2D eigenvalue weighted by molar-refractivity contribution is 0.569. The zero-order valence-corrected chi connectivity index (χ0v) is 11.9. The van der Waals surface area contributed by atoms with Crippen molar-refractivity contribution >= 4 is 22.7 Å². The van der Waals surface area contributed by atoms with Crippen molar-refractivity contribution in [2.75, 3.05) is 0 Å². The van der Waals surface area contributed by atoms with Crippen LogP contribution in [0.25, 0.3) is 0 Å². The van der Waals surface area contributed by atoms with Crippen LogP contribution in [0.2, 0.25) is 0 Å². The van der Waals surface area contributed by atoms with Gasteiger partial charge < -0.3 is 5.73 Å². The van der Waals surface area contributed by atoms with Gasteiger partial charge in [-0.3, -0.25) is 4.98 Å². The molecule has 0 amide bonds. The number of nitrogens with zero attached hydrogens (tertiary/aromatic N) is 2. The van der Waals surface area contributed by atoms with E-state index in [1.165, 1.54) is 0 Å². The number of hydrogen-bond acceptors (Lipinski definition) is 5. The molecule has 0 aromatic carbocycles. The van der Waals surface area contributed by atoms with E-state index in [9.17, 15) is 0 Å².